The van der Waals surface area contributed by atoms with Crippen molar-refractivity contribution in [1.29, 1.82) is 0 Å². The smallest absolute Gasteiger partial charge is 0.209 e. The molecule has 0 amide bonds. The zero-order chi connectivity index (χ0) is 11.1. The fraction of sp³-hybridized carbons (Fsp3) is 0.875. The predicted octanol–water partition coefficient (Wildman–Crippen LogP) is 0.701. The maximum Gasteiger partial charge on any atom is 0.209 e. The standard InChI is InChI=1S/C8H16N4O2S/c1-4-13-7(14-5-2)6-15-8-9-10-11-12(8)3/h7H,4-6H2,1-3H3. The normalized spacial score (nSPS) is 11.2. The van der Waals surface area contributed by atoms with Crippen molar-refractivity contribution in [2.45, 2.75) is 25.3 Å². The van der Waals surface area contributed by atoms with Gasteiger partial charge in [0.05, 0.1) is 5.75 Å². The summed E-state index contributed by atoms with van der Waals surface area (Å²) >= 11 is 1.52. The molecule has 0 aromatic carbocycles. The first kappa shape index (κ1) is 12.4. The Bertz CT molecular complexity index is 275. The van der Waals surface area contributed by atoms with Gasteiger partial charge in [0.15, 0.2) is 6.29 Å². The number of ether oxygens (including phenoxy) is 2. The third kappa shape index (κ3) is 4.15. The van der Waals surface area contributed by atoms with Crippen molar-refractivity contribution in [2.75, 3.05) is 19.0 Å². The van der Waals surface area contributed by atoms with E-state index in [-0.39, 0.29) is 6.29 Å². The molecule has 0 N–H and O–H groups in total. The average Bonchev–Trinajstić information content (AvgIpc) is 2.61. The highest BCUT2D eigenvalue weighted by atomic mass is 32.2. The summed E-state index contributed by atoms with van der Waals surface area (Å²) in [5.41, 5.74) is 0. The molecule has 0 saturated heterocycles. The van der Waals surface area contributed by atoms with Gasteiger partial charge >= 0.3 is 0 Å². The molecule has 1 aromatic heterocycles. The van der Waals surface area contributed by atoms with Crippen LogP contribution in [-0.4, -0.2) is 45.5 Å². The molecule has 0 unspecified atom stereocenters. The summed E-state index contributed by atoms with van der Waals surface area (Å²) in [6, 6.07) is 0. The van der Waals surface area contributed by atoms with Crippen LogP contribution in [0.15, 0.2) is 5.16 Å². The van der Waals surface area contributed by atoms with Crippen molar-refractivity contribution in [1.82, 2.24) is 20.2 Å². The van der Waals surface area contributed by atoms with Crippen LogP contribution < -0.4 is 0 Å². The third-order valence-corrected chi connectivity index (χ3v) is 2.68. The molecular formula is C8H16N4O2S. The first-order valence-electron chi connectivity index (χ1n) is 4.86. The van der Waals surface area contributed by atoms with Crippen LogP contribution in [0.25, 0.3) is 0 Å². The molecule has 1 aromatic rings. The molecule has 15 heavy (non-hydrogen) atoms. The van der Waals surface area contributed by atoms with Crippen molar-refractivity contribution in [3.05, 3.63) is 0 Å². The predicted molar refractivity (Wildman–Crippen MR) is 56.6 cm³/mol. The molecule has 7 heteroatoms. The van der Waals surface area contributed by atoms with Crippen molar-refractivity contribution >= 4 is 11.8 Å². The van der Waals surface area contributed by atoms with Crippen LogP contribution in [0.5, 0.6) is 0 Å². The minimum atomic E-state index is -0.193. The van der Waals surface area contributed by atoms with Gasteiger partial charge in [0.2, 0.25) is 5.16 Å². The molecule has 6 nitrogen and oxygen atoms in total. The van der Waals surface area contributed by atoms with Gasteiger partial charge < -0.3 is 9.47 Å². The Morgan fingerprint density at radius 3 is 2.47 bits per heavy atom. The molecule has 0 aliphatic rings. The number of tetrazole rings is 1. The third-order valence-electron chi connectivity index (χ3n) is 1.63. The Balaban J connectivity index is 2.36. The summed E-state index contributed by atoms with van der Waals surface area (Å²) in [6.07, 6.45) is -0.193. The Hall–Kier alpha value is -0.660. The van der Waals surface area contributed by atoms with E-state index in [0.717, 1.165) is 5.16 Å². The van der Waals surface area contributed by atoms with E-state index in [9.17, 15) is 0 Å². The molecule has 0 radical (unpaired) electrons. The molecule has 0 bridgehead atoms. The average molecular weight is 232 g/mol. The van der Waals surface area contributed by atoms with Gasteiger partial charge in [-0.15, -0.1) is 5.10 Å². The molecule has 0 saturated carbocycles. The van der Waals surface area contributed by atoms with E-state index < -0.39 is 0 Å². The number of thioether (sulfide) groups is 1. The molecule has 0 fully saturated rings. The Morgan fingerprint density at radius 2 is 2.00 bits per heavy atom. The quantitative estimate of drug-likeness (QED) is 0.509. The van der Waals surface area contributed by atoms with Crippen LogP contribution in [0.4, 0.5) is 0 Å². The molecule has 0 aliphatic heterocycles. The first-order chi connectivity index (χ1) is 7.27. The van der Waals surface area contributed by atoms with Crippen molar-refractivity contribution < 1.29 is 9.47 Å². The monoisotopic (exact) mass is 232 g/mol. The first-order valence-corrected chi connectivity index (χ1v) is 5.84. The van der Waals surface area contributed by atoms with Crippen LogP contribution in [0.1, 0.15) is 13.8 Å². The minimum absolute atomic E-state index is 0.193. The summed E-state index contributed by atoms with van der Waals surface area (Å²) in [5, 5.41) is 11.9. The summed E-state index contributed by atoms with van der Waals surface area (Å²) in [4.78, 5) is 0. The van der Waals surface area contributed by atoms with Crippen molar-refractivity contribution in [2.24, 2.45) is 7.05 Å². The number of hydrogen-bond acceptors (Lipinski definition) is 6. The summed E-state index contributed by atoms with van der Waals surface area (Å²) in [7, 11) is 1.80. The van der Waals surface area contributed by atoms with Crippen LogP contribution in [-0.2, 0) is 16.5 Å². The van der Waals surface area contributed by atoms with E-state index >= 15 is 0 Å². The number of hydrogen-bond donors (Lipinski definition) is 0. The number of aryl methyl sites for hydroxylation is 1. The highest BCUT2D eigenvalue weighted by Gasteiger charge is 2.11. The molecule has 1 heterocycles. The van der Waals surface area contributed by atoms with Gasteiger partial charge in [-0.2, -0.15) is 0 Å². The maximum absolute atomic E-state index is 5.40. The number of aromatic nitrogens is 4. The number of rotatable bonds is 7. The van der Waals surface area contributed by atoms with Crippen LogP contribution in [0, 0.1) is 0 Å². The number of nitrogens with zero attached hydrogens (tertiary/aromatic N) is 4. The zero-order valence-electron chi connectivity index (χ0n) is 9.21. The van der Waals surface area contributed by atoms with Gasteiger partial charge in [-0.25, -0.2) is 4.68 Å². The summed E-state index contributed by atoms with van der Waals surface area (Å²) in [6.45, 7) is 5.17. The molecular weight excluding hydrogens is 216 g/mol. The molecule has 0 aliphatic carbocycles. The molecule has 1 rings (SSSR count). The van der Waals surface area contributed by atoms with E-state index in [2.05, 4.69) is 15.5 Å². The molecule has 0 spiro atoms. The fourth-order valence-electron chi connectivity index (χ4n) is 1.00. The largest absolute Gasteiger partial charge is 0.352 e. The van der Waals surface area contributed by atoms with E-state index in [1.807, 2.05) is 13.8 Å². The minimum Gasteiger partial charge on any atom is -0.352 e. The Labute approximate surface area is 93.3 Å². The van der Waals surface area contributed by atoms with Gasteiger partial charge in [0.25, 0.3) is 0 Å². The second-order valence-corrected chi connectivity index (χ2v) is 3.72. The zero-order valence-corrected chi connectivity index (χ0v) is 10.0. The highest BCUT2D eigenvalue weighted by Crippen LogP contribution is 2.15. The highest BCUT2D eigenvalue weighted by molar-refractivity contribution is 7.99. The molecule has 86 valence electrons. The van der Waals surface area contributed by atoms with Crippen molar-refractivity contribution in [3.8, 4) is 0 Å². The van der Waals surface area contributed by atoms with E-state index in [0.29, 0.717) is 19.0 Å². The summed E-state index contributed by atoms with van der Waals surface area (Å²) < 4.78 is 12.4. The van der Waals surface area contributed by atoms with Gasteiger partial charge in [-0.3, -0.25) is 0 Å². The van der Waals surface area contributed by atoms with E-state index in [4.69, 9.17) is 9.47 Å². The lowest BCUT2D eigenvalue weighted by atomic mass is 10.7. The van der Waals surface area contributed by atoms with Crippen LogP contribution >= 0.6 is 11.8 Å². The van der Waals surface area contributed by atoms with Gasteiger partial charge in [0.1, 0.15) is 0 Å². The lowest BCUT2D eigenvalue weighted by Crippen LogP contribution is -2.20. The maximum atomic E-state index is 5.40. The van der Waals surface area contributed by atoms with Crippen molar-refractivity contribution in [3.63, 3.8) is 0 Å². The topological polar surface area (TPSA) is 62.1 Å². The lowest BCUT2D eigenvalue weighted by Gasteiger charge is -2.15. The van der Waals surface area contributed by atoms with Gasteiger partial charge in [-0.05, 0) is 24.3 Å². The fourth-order valence-corrected chi connectivity index (χ4v) is 1.80. The summed E-state index contributed by atoms with van der Waals surface area (Å²) in [5.74, 6) is 0.690. The Morgan fingerprint density at radius 1 is 1.33 bits per heavy atom. The van der Waals surface area contributed by atoms with Gasteiger partial charge in [-0.1, -0.05) is 11.8 Å². The SMILES string of the molecule is CCOC(CSc1nnnn1C)OCC. The van der Waals surface area contributed by atoms with Gasteiger partial charge in [0, 0.05) is 20.3 Å². The van der Waals surface area contributed by atoms with E-state index in [1.54, 1.807) is 11.7 Å². The second-order valence-electron chi connectivity index (χ2n) is 2.74. The van der Waals surface area contributed by atoms with Crippen LogP contribution in [0.3, 0.4) is 0 Å². The van der Waals surface area contributed by atoms with Crippen LogP contribution in [0.2, 0.25) is 0 Å². The van der Waals surface area contributed by atoms with E-state index in [1.165, 1.54) is 11.8 Å². The second kappa shape index (κ2) is 6.76. The Kier molecular flexibility index (Phi) is 5.59. The molecule has 0 atom stereocenters. The lowest BCUT2D eigenvalue weighted by molar-refractivity contribution is -0.120.